The molecule has 1 aromatic heterocycles. The Hall–Kier alpha value is 0.0400. The molecule has 0 spiro atoms. The zero-order chi connectivity index (χ0) is 17.8. The van der Waals surface area contributed by atoms with Gasteiger partial charge in [0.1, 0.15) is 0 Å². The molecule has 0 aliphatic carbocycles. The van der Waals surface area contributed by atoms with Gasteiger partial charge in [-0.3, -0.25) is 0 Å². The summed E-state index contributed by atoms with van der Waals surface area (Å²) in [5.41, 5.74) is 0. The van der Waals surface area contributed by atoms with E-state index in [0.717, 1.165) is 6.42 Å². The maximum absolute atomic E-state index is 8.83. The van der Waals surface area contributed by atoms with Crippen molar-refractivity contribution < 1.29 is 0 Å². The van der Waals surface area contributed by atoms with Crippen LogP contribution in [0.25, 0.3) is 0 Å². The molecule has 0 saturated heterocycles. The smallest absolute Gasteiger partial charge is 0.250 e. The zero-order valence-corrected chi connectivity index (χ0v) is 16.7. The predicted molar refractivity (Wildman–Crippen MR) is 95.6 cm³/mol. The van der Waals surface area contributed by atoms with Gasteiger partial charge < -0.3 is 4.90 Å². The third-order valence-electron chi connectivity index (χ3n) is 2.97. The molecule has 1 unspecified atom stereocenters. The molecule has 0 fully saturated rings. The van der Waals surface area contributed by atoms with E-state index in [2.05, 4.69) is 21.0 Å². The molecular formula is C12H13Cl6N5. The van der Waals surface area contributed by atoms with E-state index in [4.69, 9.17) is 74.9 Å². The minimum Gasteiger partial charge on any atom is -0.337 e. The molecule has 5 nitrogen and oxygen atoms in total. The number of nitriles is 1. The van der Waals surface area contributed by atoms with E-state index in [1.54, 1.807) is 4.90 Å². The van der Waals surface area contributed by atoms with Crippen LogP contribution in [0.5, 0.6) is 0 Å². The van der Waals surface area contributed by atoms with Crippen LogP contribution in [0.3, 0.4) is 0 Å². The number of aromatic nitrogens is 3. The first-order valence-corrected chi connectivity index (χ1v) is 8.81. The van der Waals surface area contributed by atoms with Crippen LogP contribution >= 0.6 is 69.6 Å². The molecule has 0 bridgehead atoms. The van der Waals surface area contributed by atoms with E-state index < -0.39 is 7.59 Å². The fraction of sp³-hybridized carbons (Fsp3) is 0.667. The quantitative estimate of drug-likeness (QED) is 0.601. The fourth-order valence-corrected chi connectivity index (χ4v) is 2.16. The van der Waals surface area contributed by atoms with Crippen molar-refractivity contribution in [3.63, 3.8) is 0 Å². The van der Waals surface area contributed by atoms with Crippen LogP contribution in [0.2, 0.25) is 0 Å². The Bertz CT molecular complexity index is 545. The van der Waals surface area contributed by atoms with Gasteiger partial charge >= 0.3 is 0 Å². The van der Waals surface area contributed by atoms with Gasteiger partial charge in [-0.1, -0.05) is 76.5 Å². The van der Waals surface area contributed by atoms with Crippen LogP contribution in [0.15, 0.2) is 0 Å². The highest BCUT2D eigenvalue weighted by Crippen LogP contribution is 2.40. The van der Waals surface area contributed by atoms with Crippen molar-refractivity contribution in [2.75, 3.05) is 11.4 Å². The summed E-state index contributed by atoms with van der Waals surface area (Å²) in [5.74, 6) is -0.120. The minimum absolute atomic E-state index is 0.0252. The second kappa shape index (κ2) is 8.42. The van der Waals surface area contributed by atoms with Crippen molar-refractivity contribution >= 4 is 75.6 Å². The number of rotatable bonds is 5. The van der Waals surface area contributed by atoms with E-state index in [-0.39, 0.29) is 30.1 Å². The maximum Gasteiger partial charge on any atom is 0.250 e. The molecule has 0 amide bonds. The lowest BCUT2D eigenvalue weighted by Crippen LogP contribution is -2.36. The van der Waals surface area contributed by atoms with Crippen molar-refractivity contribution in [1.29, 1.82) is 5.26 Å². The number of anilines is 1. The third-order valence-corrected chi connectivity index (χ3v) is 3.99. The summed E-state index contributed by atoms with van der Waals surface area (Å²) in [6, 6.07) is 2.09. The molecule has 1 atom stereocenters. The fourth-order valence-electron chi connectivity index (χ4n) is 1.66. The second-order valence-electron chi connectivity index (χ2n) is 4.64. The molecule has 0 aliphatic heterocycles. The van der Waals surface area contributed by atoms with Crippen molar-refractivity contribution in [3.05, 3.63) is 11.6 Å². The highest BCUT2D eigenvalue weighted by atomic mass is 35.6. The lowest BCUT2D eigenvalue weighted by Gasteiger charge is -2.29. The standard InChI is InChI=1S/C12H13Cl6N5/c1-3-7(2)23(6-4-5-19)10-21-8(11(13,14)15)20-9(22-10)12(16,17)18/h7H,3-4,6H2,1-2H3. The van der Waals surface area contributed by atoms with Gasteiger partial charge in [0.25, 0.3) is 0 Å². The number of halogens is 6. The Labute approximate surface area is 164 Å². The molecule has 1 heterocycles. The van der Waals surface area contributed by atoms with Gasteiger partial charge in [-0.05, 0) is 13.3 Å². The third kappa shape index (κ3) is 6.12. The number of hydrogen-bond donors (Lipinski definition) is 0. The monoisotopic (exact) mass is 437 g/mol. The Balaban J connectivity index is 3.44. The molecule has 0 radical (unpaired) electrons. The molecule has 0 aliphatic rings. The first-order valence-electron chi connectivity index (χ1n) is 6.54. The van der Waals surface area contributed by atoms with E-state index in [1.165, 1.54) is 0 Å². The summed E-state index contributed by atoms with van der Waals surface area (Å²) in [7, 11) is 0. The summed E-state index contributed by atoms with van der Waals surface area (Å²) < 4.78 is -3.81. The van der Waals surface area contributed by atoms with Gasteiger partial charge in [-0.25, -0.2) is 4.98 Å². The van der Waals surface area contributed by atoms with Crippen LogP contribution < -0.4 is 4.90 Å². The topological polar surface area (TPSA) is 65.7 Å². The van der Waals surface area contributed by atoms with Crippen LogP contribution in [0, 0.1) is 11.3 Å². The molecular weight excluding hydrogens is 427 g/mol. The summed E-state index contributed by atoms with van der Waals surface area (Å²) in [6.07, 6.45) is 1.05. The lowest BCUT2D eigenvalue weighted by molar-refractivity contribution is 0.597. The van der Waals surface area contributed by atoms with Gasteiger partial charge in [0.15, 0.2) is 11.6 Å². The van der Waals surface area contributed by atoms with Crippen LogP contribution in [0.1, 0.15) is 38.3 Å². The molecule has 128 valence electrons. The van der Waals surface area contributed by atoms with Crippen LogP contribution in [-0.4, -0.2) is 27.5 Å². The first kappa shape index (κ1) is 21.1. The predicted octanol–water partition coefficient (Wildman–Crippen LogP) is 5.04. The van der Waals surface area contributed by atoms with E-state index in [1.807, 2.05) is 13.8 Å². The highest BCUT2D eigenvalue weighted by Gasteiger charge is 2.35. The normalized spacial score (nSPS) is 13.5. The highest BCUT2D eigenvalue weighted by molar-refractivity contribution is 6.67. The summed E-state index contributed by atoms with van der Waals surface area (Å²) in [4.78, 5) is 14.0. The Morgan fingerprint density at radius 1 is 1.04 bits per heavy atom. The molecule has 23 heavy (non-hydrogen) atoms. The first-order chi connectivity index (χ1) is 10.5. The molecule has 0 N–H and O–H groups in total. The average molecular weight is 440 g/mol. The van der Waals surface area contributed by atoms with Gasteiger partial charge in [0.05, 0.1) is 12.5 Å². The summed E-state index contributed by atoms with van der Waals surface area (Å²) in [5, 5.41) is 8.83. The zero-order valence-electron chi connectivity index (χ0n) is 12.2. The van der Waals surface area contributed by atoms with Crippen molar-refractivity contribution in [3.8, 4) is 6.07 Å². The SMILES string of the molecule is CCC(C)N(CCC#N)c1nc(C(Cl)(Cl)Cl)nc(C(Cl)(Cl)Cl)n1. The molecule has 11 heteroatoms. The van der Waals surface area contributed by atoms with Crippen molar-refractivity contribution in [2.24, 2.45) is 0 Å². The minimum atomic E-state index is -1.90. The van der Waals surface area contributed by atoms with Crippen molar-refractivity contribution in [2.45, 2.75) is 40.3 Å². The second-order valence-corrected chi connectivity index (χ2v) is 9.20. The van der Waals surface area contributed by atoms with Gasteiger partial charge in [0.2, 0.25) is 13.5 Å². The van der Waals surface area contributed by atoms with Crippen molar-refractivity contribution in [1.82, 2.24) is 15.0 Å². The Morgan fingerprint density at radius 2 is 1.52 bits per heavy atom. The number of alkyl halides is 6. The Kier molecular flexibility index (Phi) is 7.72. The van der Waals surface area contributed by atoms with E-state index in [0.29, 0.717) is 6.54 Å². The number of nitrogens with zero attached hydrogens (tertiary/aromatic N) is 5. The van der Waals surface area contributed by atoms with E-state index in [9.17, 15) is 0 Å². The molecule has 0 saturated carbocycles. The lowest BCUT2D eigenvalue weighted by atomic mass is 10.2. The van der Waals surface area contributed by atoms with E-state index >= 15 is 0 Å². The van der Waals surface area contributed by atoms with Gasteiger partial charge in [-0.2, -0.15) is 15.2 Å². The summed E-state index contributed by atoms with van der Waals surface area (Å²) >= 11 is 35.1. The average Bonchev–Trinajstić information content (AvgIpc) is 2.45. The maximum atomic E-state index is 8.83. The van der Waals surface area contributed by atoms with Gasteiger partial charge in [0, 0.05) is 12.6 Å². The number of hydrogen-bond acceptors (Lipinski definition) is 5. The molecule has 1 rings (SSSR count). The largest absolute Gasteiger partial charge is 0.337 e. The molecule has 0 aromatic carbocycles. The molecule has 1 aromatic rings. The van der Waals surface area contributed by atoms with Crippen LogP contribution in [-0.2, 0) is 7.59 Å². The Morgan fingerprint density at radius 3 is 1.87 bits per heavy atom. The van der Waals surface area contributed by atoms with Gasteiger partial charge in [-0.15, -0.1) is 0 Å². The van der Waals surface area contributed by atoms with Crippen LogP contribution in [0.4, 0.5) is 5.95 Å². The summed E-state index contributed by atoms with van der Waals surface area (Å²) in [6.45, 7) is 4.32.